The SMILES string of the molecule is Cc1nn(CCC(=O)O)c(C)c1Br. The molecule has 0 spiro atoms. The minimum atomic E-state index is -0.802. The number of nitrogens with zero attached hydrogens (tertiary/aromatic N) is 2. The van der Waals surface area contributed by atoms with Crippen molar-refractivity contribution in [2.75, 3.05) is 0 Å². The summed E-state index contributed by atoms with van der Waals surface area (Å²) in [6, 6.07) is 0. The van der Waals surface area contributed by atoms with Gasteiger partial charge in [0.1, 0.15) is 0 Å². The van der Waals surface area contributed by atoms with Crippen molar-refractivity contribution >= 4 is 21.9 Å². The van der Waals surface area contributed by atoms with Crippen molar-refractivity contribution in [3.63, 3.8) is 0 Å². The lowest BCUT2D eigenvalue weighted by atomic mass is 10.4. The molecule has 0 unspecified atom stereocenters. The molecule has 0 aliphatic carbocycles. The van der Waals surface area contributed by atoms with E-state index in [-0.39, 0.29) is 6.42 Å². The third-order valence-electron chi connectivity index (χ3n) is 1.83. The second-order valence-corrected chi connectivity index (χ2v) is 3.64. The lowest BCUT2D eigenvalue weighted by molar-refractivity contribution is -0.137. The molecular formula is C8H11BrN2O2. The predicted molar refractivity (Wildman–Crippen MR) is 51.7 cm³/mol. The van der Waals surface area contributed by atoms with Crippen molar-refractivity contribution in [3.05, 3.63) is 15.9 Å². The van der Waals surface area contributed by atoms with E-state index in [2.05, 4.69) is 21.0 Å². The second kappa shape index (κ2) is 3.91. The molecule has 4 nitrogen and oxygen atoms in total. The molecule has 0 aromatic carbocycles. The van der Waals surface area contributed by atoms with E-state index >= 15 is 0 Å². The van der Waals surface area contributed by atoms with Gasteiger partial charge in [-0.3, -0.25) is 9.48 Å². The number of carboxylic acids is 1. The van der Waals surface area contributed by atoms with Crippen LogP contribution < -0.4 is 0 Å². The third kappa shape index (κ3) is 2.30. The molecule has 72 valence electrons. The molecule has 0 radical (unpaired) electrons. The Balaban J connectivity index is 2.78. The highest BCUT2D eigenvalue weighted by Gasteiger charge is 2.08. The standard InChI is InChI=1S/C8H11BrN2O2/c1-5-8(9)6(2)11(10-5)4-3-7(12)13/h3-4H2,1-2H3,(H,12,13). The van der Waals surface area contributed by atoms with Gasteiger partial charge in [-0.05, 0) is 29.8 Å². The lowest BCUT2D eigenvalue weighted by Crippen LogP contribution is -2.07. The van der Waals surface area contributed by atoms with Crippen LogP contribution in [0, 0.1) is 13.8 Å². The minimum absolute atomic E-state index is 0.106. The van der Waals surface area contributed by atoms with Crippen LogP contribution >= 0.6 is 15.9 Å². The monoisotopic (exact) mass is 246 g/mol. The fourth-order valence-corrected chi connectivity index (χ4v) is 1.38. The van der Waals surface area contributed by atoms with E-state index in [0.29, 0.717) is 6.54 Å². The van der Waals surface area contributed by atoms with Crippen molar-refractivity contribution in [1.82, 2.24) is 9.78 Å². The van der Waals surface area contributed by atoms with Gasteiger partial charge in [0.2, 0.25) is 0 Å². The van der Waals surface area contributed by atoms with Gasteiger partial charge in [-0.2, -0.15) is 5.10 Å². The average molecular weight is 247 g/mol. The fourth-order valence-electron chi connectivity index (χ4n) is 1.09. The van der Waals surface area contributed by atoms with Crippen molar-refractivity contribution < 1.29 is 9.90 Å². The van der Waals surface area contributed by atoms with Gasteiger partial charge in [0.15, 0.2) is 0 Å². The highest BCUT2D eigenvalue weighted by atomic mass is 79.9. The summed E-state index contributed by atoms with van der Waals surface area (Å²) in [6.07, 6.45) is 0.106. The van der Waals surface area contributed by atoms with Gasteiger partial charge >= 0.3 is 5.97 Å². The van der Waals surface area contributed by atoms with Gasteiger partial charge in [-0.25, -0.2) is 0 Å². The maximum Gasteiger partial charge on any atom is 0.305 e. The number of aliphatic carboxylic acids is 1. The Morgan fingerprint density at radius 3 is 2.62 bits per heavy atom. The van der Waals surface area contributed by atoms with Gasteiger partial charge in [0.25, 0.3) is 0 Å². The Hall–Kier alpha value is -0.840. The van der Waals surface area contributed by atoms with Crippen molar-refractivity contribution in [3.8, 4) is 0 Å². The zero-order valence-corrected chi connectivity index (χ0v) is 9.13. The first-order valence-electron chi connectivity index (χ1n) is 3.93. The smallest absolute Gasteiger partial charge is 0.305 e. The summed E-state index contributed by atoms with van der Waals surface area (Å²) in [7, 11) is 0. The minimum Gasteiger partial charge on any atom is -0.481 e. The van der Waals surface area contributed by atoms with E-state index in [0.717, 1.165) is 15.9 Å². The molecule has 0 amide bonds. The van der Waals surface area contributed by atoms with Gasteiger partial charge < -0.3 is 5.11 Å². The van der Waals surface area contributed by atoms with E-state index in [1.807, 2.05) is 13.8 Å². The van der Waals surface area contributed by atoms with E-state index in [1.54, 1.807) is 4.68 Å². The topological polar surface area (TPSA) is 55.1 Å². The van der Waals surface area contributed by atoms with E-state index < -0.39 is 5.97 Å². The number of halogens is 1. The molecule has 0 aliphatic heterocycles. The molecule has 0 bridgehead atoms. The Morgan fingerprint density at radius 2 is 2.23 bits per heavy atom. The molecule has 1 heterocycles. The van der Waals surface area contributed by atoms with Crippen molar-refractivity contribution in [2.24, 2.45) is 0 Å². The normalized spacial score (nSPS) is 10.4. The molecule has 1 rings (SSSR count). The van der Waals surface area contributed by atoms with Crippen LogP contribution in [0.2, 0.25) is 0 Å². The summed E-state index contributed by atoms with van der Waals surface area (Å²) in [4.78, 5) is 10.3. The summed E-state index contributed by atoms with van der Waals surface area (Å²) in [5.74, 6) is -0.802. The summed E-state index contributed by atoms with van der Waals surface area (Å²) < 4.78 is 2.66. The number of rotatable bonds is 3. The van der Waals surface area contributed by atoms with Gasteiger partial charge in [0, 0.05) is 5.69 Å². The van der Waals surface area contributed by atoms with Crippen molar-refractivity contribution in [1.29, 1.82) is 0 Å². The molecule has 0 saturated carbocycles. The van der Waals surface area contributed by atoms with E-state index in [4.69, 9.17) is 5.11 Å². The summed E-state index contributed by atoms with van der Waals surface area (Å²) >= 11 is 3.38. The molecule has 0 aliphatic rings. The molecule has 1 aromatic heterocycles. The highest BCUT2D eigenvalue weighted by molar-refractivity contribution is 9.10. The number of aromatic nitrogens is 2. The van der Waals surface area contributed by atoms with Gasteiger partial charge in [0.05, 0.1) is 23.1 Å². The lowest BCUT2D eigenvalue weighted by Gasteiger charge is -2.00. The van der Waals surface area contributed by atoms with E-state index in [9.17, 15) is 4.79 Å². The summed E-state index contributed by atoms with van der Waals surface area (Å²) in [6.45, 7) is 4.22. The maximum atomic E-state index is 10.3. The van der Waals surface area contributed by atoms with Crippen LogP contribution in [0.4, 0.5) is 0 Å². The number of carbonyl (C=O) groups is 1. The van der Waals surface area contributed by atoms with Crippen LogP contribution in [0.15, 0.2) is 4.47 Å². The molecule has 0 fully saturated rings. The summed E-state index contributed by atoms with van der Waals surface area (Å²) in [5.41, 5.74) is 1.86. The first-order chi connectivity index (χ1) is 6.02. The van der Waals surface area contributed by atoms with Crippen LogP contribution in [0.1, 0.15) is 17.8 Å². The molecule has 5 heteroatoms. The quantitative estimate of drug-likeness (QED) is 0.884. The molecule has 0 saturated heterocycles. The molecule has 1 aromatic rings. The zero-order chi connectivity index (χ0) is 10.0. The number of hydrogen-bond donors (Lipinski definition) is 1. The Labute approximate surface area is 84.7 Å². The molecule has 13 heavy (non-hydrogen) atoms. The Bertz CT molecular complexity index is 333. The maximum absolute atomic E-state index is 10.3. The predicted octanol–water partition coefficient (Wildman–Crippen LogP) is 1.74. The van der Waals surface area contributed by atoms with Gasteiger partial charge in [-0.1, -0.05) is 0 Å². The first-order valence-corrected chi connectivity index (χ1v) is 4.73. The highest BCUT2D eigenvalue weighted by Crippen LogP contribution is 2.19. The van der Waals surface area contributed by atoms with Crippen LogP contribution in [0.5, 0.6) is 0 Å². The number of hydrogen-bond acceptors (Lipinski definition) is 2. The van der Waals surface area contributed by atoms with Crippen LogP contribution in [0.25, 0.3) is 0 Å². The fraction of sp³-hybridized carbons (Fsp3) is 0.500. The Kier molecular flexibility index (Phi) is 3.08. The van der Waals surface area contributed by atoms with Gasteiger partial charge in [-0.15, -0.1) is 0 Å². The van der Waals surface area contributed by atoms with Crippen LogP contribution in [-0.2, 0) is 11.3 Å². The number of aryl methyl sites for hydroxylation is 2. The molecular weight excluding hydrogens is 236 g/mol. The van der Waals surface area contributed by atoms with Crippen molar-refractivity contribution in [2.45, 2.75) is 26.8 Å². The summed E-state index contributed by atoms with van der Waals surface area (Å²) in [5, 5.41) is 12.7. The van der Waals surface area contributed by atoms with E-state index in [1.165, 1.54) is 0 Å². The second-order valence-electron chi connectivity index (χ2n) is 2.85. The third-order valence-corrected chi connectivity index (χ3v) is 2.98. The van der Waals surface area contributed by atoms with Crippen LogP contribution in [0.3, 0.4) is 0 Å². The number of carboxylic acid groups (broad SMARTS) is 1. The molecule has 1 N–H and O–H groups in total. The average Bonchev–Trinajstić information content (AvgIpc) is 2.29. The Morgan fingerprint density at radius 1 is 1.62 bits per heavy atom. The molecule has 0 atom stereocenters. The largest absolute Gasteiger partial charge is 0.481 e. The zero-order valence-electron chi connectivity index (χ0n) is 7.54. The van der Waals surface area contributed by atoms with Crippen LogP contribution in [-0.4, -0.2) is 20.9 Å². The first kappa shape index (κ1) is 10.2.